The zero-order valence-electron chi connectivity index (χ0n) is 9.84. The molecule has 3 N–H and O–H groups in total. The van der Waals surface area contributed by atoms with Gasteiger partial charge < -0.3 is 14.8 Å². The number of thiophene rings is 1. The first-order valence-electron chi connectivity index (χ1n) is 5.43. The SMILES string of the molecule is C[C@](O)(CNC(=O)Nc1cccs1)c1ccco1. The van der Waals surface area contributed by atoms with Crippen molar-refractivity contribution in [3.8, 4) is 0 Å². The molecule has 0 bridgehead atoms. The maximum absolute atomic E-state index is 11.6. The molecule has 0 saturated heterocycles. The highest BCUT2D eigenvalue weighted by Crippen LogP contribution is 2.20. The lowest BCUT2D eigenvalue weighted by molar-refractivity contribution is 0.0372. The average molecular weight is 266 g/mol. The molecule has 96 valence electrons. The van der Waals surface area contributed by atoms with Gasteiger partial charge in [-0.1, -0.05) is 0 Å². The van der Waals surface area contributed by atoms with Crippen molar-refractivity contribution in [3.05, 3.63) is 41.7 Å². The van der Waals surface area contributed by atoms with E-state index in [4.69, 9.17) is 4.42 Å². The molecule has 2 rings (SSSR count). The predicted molar refractivity (Wildman–Crippen MR) is 69.6 cm³/mol. The van der Waals surface area contributed by atoms with Gasteiger partial charge in [-0.05, 0) is 36.6 Å². The van der Waals surface area contributed by atoms with Crippen LogP contribution in [0.2, 0.25) is 0 Å². The molecule has 1 atom stereocenters. The van der Waals surface area contributed by atoms with Crippen LogP contribution in [-0.2, 0) is 5.60 Å². The molecule has 2 aromatic heterocycles. The minimum Gasteiger partial charge on any atom is -0.466 e. The van der Waals surface area contributed by atoms with Crippen molar-refractivity contribution in [1.82, 2.24) is 5.32 Å². The zero-order valence-corrected chi connectivity index (χ0v) is 10.7. The van der Waals surface area contributed by atoms with Crippen LogP contribution in [0.15, 0.2) is 40.3 Å². The van der Waals surface area contributed by atoms with Crippen molar-refractivity contribution in [2.24, 2.45) is 0 Å². The quantitative estimate of drug-likeness (QED) is 0.795. The molecule has 0 unspecified atom stereocenters. The molecule has 18 heavy (non-hydrogen) atoms. The first-order chi connectivity index (χ1) is 8.58. The maximum Gasteiger partial charge on any atom is 0.319 e. The van der Waals surface area contributed by atoms with Crippen molar-refractivity contribution < 1.29 is 14.3 Å². The smallest absolute Gasteiger partial charge is 0.319 e. The number of urea groups is 1. The normalized spacial score (nSPS) is 13.9. The van der Waals surface area contributed by atoms with Gasteiger partial charge in [0.25, 0.3) is 0 Å². The predicted octanol–water partition coefficient (Wildman–Crippen LogP) is 2.37. The Morgan fingerprint density at radius 3 is 2.94 bits per heavy atom. The fourth-order valence-electron chi connectivity index (χ4n) is 1.43. The van der Waals surface area contributed by atoms with Crippen molar-refractivity contribution in [2.75, 3.05) is 11.9 Å². The number of anilines is 1. The van der Waals surface area contributed by atoms with Gasteiger partial charge in [-0.15, -0.1) is 11.3 Å². The first kappa shape index (κ1) is 12.7. The van der Waals surface area contributed by atoms with Gasteiger partial charge in [0.1, 0.15) is 11.4 Å². The molecule has 0 fully saturated rings. The Bertz CT molecular complexity index is 491. The van der Waals surface area contributed by atoms with Gasteiger partial charge in [-0.2, -0.15) is 0 Å². The van der Waals surface area contributed by atoms with Crippen LogP contribution in [-0.4, -0.2) is 17.7 Å². The van der Waals surface area contributed by atoms with Crippen molar-refractivity contribution >= 4 is 22.4 Å². The molecule has 5 nitrogen and oxygen atoms in total. The minimum absolute atomic E-state index is 0.0672. The Morgan fingerprint density at radius 1 is 1.50 bits per heavy atom. The average Bonchev–Trinajstić information content (AvgIpc) is 2.99. The molecule has 0 spiro atoms. The highest BCUT2D eigenvalue weighted by atomic mass is 32.1. The summed E-state index contributed by atoms with van der Waals surface area (Å²) in [7, 11) is 0. The molecule has 0 aromatic carbocycles. The van der Waals surface area contributed by atoms with E-state index in [0.29, 0.717) is 5.76 Å². The zero-order chi connectivity index (χ0) is 13.0. The molecule has 2 amide bonds. The number of carbonyl (C=O) groups excluding carboxylic acids is 1. The molecule has 0 aliphatic rings. The topological polar surface area (TPSA) is 74.5 Å². The number of hydrogen-bond acceptors (Lipinski definition) is 4. The molecular weight excluding hydrogens is 252 g/mol. The molecule has 2 heterocycles. The summed E-state index contributed by atoms with van der Waals surface area (Å²) < 4.78 is 5.12. The third-order valence-electron chi connectivity index (χ3n) is 2.40. The van der Waals surface area contributed by atoms with Crippen LogP contribution in [0.25, 0.3) is 0 Å². The van der Waals surface area contributed by atoms with Gasteiger partial charge in [0.2, 0.25) is 0 Å². The Labute approximate surface area is 108 Å². The number of carbonyl (C=O) groups is 1. The number of aliphatic hydroxyl groups is 1. The summed E-state index contributed by atoms with van der Waals surface area (Å²) in [5.74, 6) is 0.416. The van der Waals surface area contributed by atoms with Crippen LogP contribution in [0.3, 0.4) is 0 Å². The van der Waals surface area contributed by atoms with Crippen LogP contribution in [0.4, 0.5) is 9.80 Å². The summed E-state index contributed by atoms with van der Waals surface area (Å²) in [6, 6.07) is 6.65. The largest absolute Gasteiger partial charge is 0.466 e. The molecule has 0 aliphatic heterocycles. The summed E-state index contributed by atoms with van der Waals surface area (Å²) in [6.07, 6.45) is 1.48. The number of rotatable bonds is 4. The first-order valence-corrected chi connectivity index (χ1v) is 6.30. The molecular formula is C12H14N2O3S. The van der Waals surface area contributed by atoms with E-state index in [1.54, 1.807) is 25.1 Å². The van der Waals surface area contributed by atoms with E-state index in [-0.39, 0.29) is 12.6 Å². The summed E-state index contributed by atoms with van der Waals surface area (Å²) >= 11 is 1.43. The highest BCUT2D eigenvalue weighted by molar-refractivity contribution is 7.14. The molecule has 0 aliphatic carbocycles. The van der Waals surface area contributed by atoms with Crippen LogP contribution < -0.4 is 10.6 Å². The number of nitrogens with one attached hydrogen (secondary N) is 2. The number of amides is 2. The fourth-order valence-corrected chi connectivity index (χ4v) is 2.04. The molecule has 2 aromatic rings. The molecule has 6 heteroatoms. The van der Waals surface area contributed by atoms with Crippen LogP contribution in [0, 0.1) is 0 Å². The molecule has 0 saturated carbocycles. The highest BCUT2D eigenvalue weighted by Gasteiger charge is 2.26. The second-order valence-electron chi connectivity index (χ2n) is 4.04. The monoisotopic (exact) mass is 266 g/mol. The van der Waals surface area contributed by atoms with E-state index >= 15 is 0 Å². The lowest BCUT2D eigenvalue weighted by Crippen LogP contribution is -2.40. The van der Waals surface area contributed by atoms with E-state index in [2.05, 4.69) is 10.6 Å². The van der Waals surface area contributed by atoms with E-state index in [9.17, 15) is 9.90 Å². The Morgan fingerprint density at radius 2 is 2.33 bits per heavy atom. The van der Waals surface area contributed by atoms with E-state index in [1.165, 1.54) is 17.6 Å². The van der Waals surface area contributed by atoms with Gasteiger partial charge >= 0.3 is 6.03 Å². The summed E-state index contributed by atoms with van der Waals surface area (Å²) in [4.78, 5) is 11.6. The Hall–Kier alpha value is -1.79. The van der Waals surface area contributed by atoms with Crippen molar-refractivity contribution in [1.29, 1.82) is 0 Å². The second kappa shape index (κ2) is 5.24. The number of furan rings is 1. The standard InChI is InChI=1S/C12H14N2O3S/c1-12(16,9-4-2-6-17-9)8-13-11(15)14-10-5-3-7-18-10/h2-7,16H,8H2,1H3,(H2,13,14,15)/t12-/m0/s1. The lowest BCUT2D eigenvalue weighted by Gasteiger charge is -2.21. The van der Waals surface area contributed by atoms with Gasteiger partial charge in [0.15, 0.2) is 0 Å². The summed E-state index contributed by atoms with van der Waals surface area (Å²) in [6.45, 7) is 1.65. The maximum atomic E-state index is 11.6. The lowest BCUT2D eigenvalue weighted by atomic mass is 10.0. The van der Waals surface area contributed by atoms with E-state index < -0.39 is 5.60 Å². The fraction of sp³-hybridized carbons (Fsp3) is 0.250. The summed E-state index contributed by atoms with van der Waals surface area (Å²) in [5, 5.41) is 18.0. The van der Waals surface area contributed by atoms with Crippen molar-refractivity contribution in [3.63, 3.8) is 0 Å². The van der Waals surface area contributed by atoms with Gasteiger partial charge in [0, 0.05) is 0 Å². The number of hydrogen-bond donors (Lipinski definition) is 3. The Balaban J connectivity index is 1.86. The van der Waals surface area contributed by atoms with Gasteiger partial charge in [-0.25, -0.2) is 4.79 Å². The molecule has 0 radical (unpaired) electrons. The van der Waals surface area contributed by atoms with Crippen molar-refractivity contribution in [2.45, 2.75) is 12.5 Å². The van der Waals surface area contributed by atoms with Gasteiger partial charge in [0.05, 0.1) is 17.8 Å². The minimum atomic E-state index is -1.23. The van der Waals surface area contributed by atoms with Crippen LogP contribution in [0.1, 0.15) is 12.7 Å². The van der Waals surface area contributed by atoms with Gasteiger partial charge in [-0.3, -0.25) is 5.32 Å². The van der Waals surface area contributed by atoms with Crippen LogP contribution in [0.5, 0.6) is 0 Å². The van der Waals surface area contributed by atoms with E-state index in [0.717, 1.165) is 5.00 Å². The Kier molecular flexibility index (Phi) is 3.69. The second-order valence-corrected chi connectivity index (χ2v) is 4.98. The third-order valence-corrected chi connectivity index (χ3v) is 3.19. The van der Waals surface area contributed by atoms with Crippen LogP contribution >= 0.6 is 11.3 Å². The summed E-state index contributed by atoms with van der Waals surface area (Å²) in [5.41, 5.74) is -1.23. The third kappa shape index (κ3) is 3.12. The van der Waals surface area contributed by atoms with E-state index in [1.807, 2.05) is 11.4 Å².